The van der Waals surface area contributed by atoms with Crippen LogP contribution in [0, 0.1) is 0 Å². The molecule has 7 heteroatoms. The minimum absolute atomic E-state index is 0.157. The van der Waals surface area contributed by atoms with Crippen molar-refractivity contribution in [3.05, 3.63) is 24.1 Å². The molecule has 3 rings (SSSR count). The zero-order valence-electron chi connectivity index (χ0n) is 14.9. The molecular formula is C18H24N2O5. The molecule has 0 unspecified atom stereocenters. The molecule has 1 aliphatic heterocycles. The van der Waals surface area contributed by atoms with E-state index in [2.05, 4.69) is 10.1 Å². The third kappa shape index (κ3) is 4.29. The number of benzene rings is 1. The van der Waals surface area contributed by atoms with Crippen molar-refractivity contribution in [3.63, 3.8) is 0 Å². The number of nitrogens with zero attached hydrogens (tertiary/aromatic N) is 2. The van der Waals surface area contributed by atoms with Crippen molar-refractivity contribution >= 4 is 0 Å². The average Bonchev–Trinajstić information content (AvgIpc) is 3.16. The van der Waals surface area contributed by atoms with Gasteiger partial charge in [-0.3, -0.25) is 0 Å². The highest BCUT2D eigenvalue weighted by molar-refractivity contribution is 5.60. The van der Waals surface area contributed by atoms with Gasteiger partial charge in [0, 0.05) is 12.2 Å². The molecule has 7 nitrogen and oxygen atoms in total. The summed E-state index contributed by atoms with van der Waals surface area (Å²) in [5.41, 5.74) is 0.787. The minimum atomic E-state index is -0.285. The summed E-state index contributed by atoms with van der Waals surface area (Å²) in [6.07, 6.45) is 3.22. The molecule has 1 saturated heterocycles. The maximum Gasteiger partial charge on any atom is 0.255 e. The third-order valence-corrected chi connectivity index (χ3v) is 4.24. The summed E-state index contributed by atoms with van der Waals surface area (Å²) in [5.74, 6) is 2.20. The number of rotatable bonds is 7. The summed E-state index contributed by atoms with van der Waals surface area (Å²) in [6, 6.07) is 5.48. The zero-order valence-corrected chi connectivity index (χ0v) is 14.9. The van der Waals surface area contributed by atoms with Gasteiger partial charge in [-0.15, -0.1) is 0 Å². The fraction of sp³-hybridized carbons (Fsp3) is 0.556. The van der Waals surface area contributed by atoms with Crippen LogP contribution in [0.1, 0.15) is 38.2 Å². The lowest BCUT2D eigenvalue weighted by atomic mass is 10.1. The average molecular weight is 348 g/mol. The first-order chi connectivity index (χ1) is 12.2. The Morgan fingerprint density at radius 1 is 1.20 bits per heavy atom. The van der Waals surface area contributed by atoms with Crippen molar-refractivity contribution < 1.29 is 23.5 Å². The van der Waals surface area contributed by atoms with Gasteiger partial charge in [-0.2, -0.15) is 4.98 Å². The van der Waals surface area contributed by atoms with Crippen LogP contribution in [0.2, 0.25) is 0 Å². The highest BCUT2D eigenvalue weighted by Crippen LogP contribution is 2.31. The first kappa shape index (κ1) is 17.7. The molecule has 1 fully saturated rings. The Kier molecular flexibility index (Phi) is 5.88. The van der Waals surface area contributed by atoms with E-state index in [0.717, 1.165) is 25.0 Å². The van der Waals surface area contributed by atoms with Crippen LogP contribution >= 0.6 is 0 Å². The van der Waals surface area contributed by atoms with Gasteiger partial charge >= 0.3 is 0 Å². The van der Waals surface area contributed by atoms with Crippen molar-refractivity contribution in [2.24, 2.45) is 0 Å². The van der Waals surface area contributed by atoms with E-state index < -0.39 is 0 Å². The minimum Gasteiger partial charge on any atom is -0.493 e. The van der Waals surface area contributed by atoms with Crippen LogP contribution in [0.3, 0.4) is 0 Å². The monoisotopic (exact) mass is 348 g/mol. The largest absolute Gasteiger partial charge is 0.493 e. The summed E-state index contributed by atoms with van der Waals surface area (Å²) in [4.78, 5) is 4.44. The summed E-state index contributed by atoms with van der Waals surface area (Å²) in [6.45, 7) is 3.25. The van der Waals surface area contributed by atoms with E-state index in [1.54, 1.807) is 14.2 Å². The van der Waals surface area contributed by atoms with E-state index in [4.69, 9.17) is 23.5 Å². The maximum atomic E-state index is 5.83. The SMILES string of the molecule is COc1ccc(-c2noc([C@@H](C)OC[C@@H]3CCCCO3)n2)cc1OC. The number of aromatic nitrogens is 2. The maximum absolute atomic E-state index is 5.83. The predicted molar refractivity (Wildman–Crippen MR) is 90.8 cm³/mol. The number of methoxy groups -OCH3 is 2. The van der Waals surface area contributed by atoms with Gasteiger partial charge in [0.2, 0.25) is 5.82 Å². The molecule has 2 aromatic rings. The Morgan fingerprint density at radius 3 is 2.76 bits per heavy atom. The third-order valence-electron chi connectivity index (χ3n) is 4.24. The molecule has 0 spiro atoms. The highest BCUT2D eigenvalue weighted by atomic mass is 16.6. The Balaban J connectivity index is 1.65. The van der Waals surface area contributed by atoms with E-state index in [1.807, 2.05) is 25.1 Å². The molecule has 0 N–H and O–H groups in total. The van der Waals surface area contributed by atoms with Gasteiger partial charge < -0.3 is 23.5 Å². The second-order valence-corrected chi connectivity index (χ2v) is 5.99. The first-order valence-corrected chi connectivity index (χ1v) is 8.50. The number of ether oxygens (including phenoxy) is 4. The quantitative estimate of drug-likeness (QED) is 0.759. The molecule has 2 heterocycles. The predicted octanol–water partition coefficient (Wildman–Crippen LogP) is 3.40. The van der Waals surface area contributed by atoms with Gasteiger partial charge in [-0.05, 0) is 44.4 Å². The molecule has 0 aliphatic carbocycles. The Hall–Kier alpha value is -2.12. The Bertz CT molecular complexity index is 682. The normalized spacial score (nSPS) is 18.8. The summed E-state index contributed by atoms with van der Waals surface area (Å²) in [5, 5.41) is 4.04. The van der Waals surface area contributed by atoms with Crippen LogP contribution in [0.5, 0.6) is 11.5 Å². The van der Waals surface area contributed by atoms with Crippen LogP contribution < -0.4 is 9.47 Å². The van der Waals surface area contributed by atoms with Crippen LogP contribution in [0.4, 0.5) is 0 Å². The molecule has 0 radical (unpaired) electrons. The standard InChI is InChI=1S/C18H24N2O5/c1-12(24-11-14-6-4-5-9-23-14)18-19-17(20-25-18)13-7-8-15(21-2)16(10-13)22-3/h7-8,10,12,14H,4-6,9,11H2,1-3H3/t12-,14+/m1/s1. The number of hydrogen-bond acceptors (Lipinski definition) is 7. The smallest absolute Gasteiger partial charge is 0.255 e. The van der Waals surface area contributed by atoms with Gasteiger partial charge in [0.1, 0.15) is 6.10 Å². The molecule has 1 aliphatic rings. The van der Waals surface area contributed by atoms with E-state index in [-0.39, 0.29) is 12.2 Å². The lowest BCUT2D eigenvalue weighted by molar-refractivity contribution is -0.0656. The van der Waals surface area contributed by atoms with Crippen LogP contribution in [-0.2, 0) is 9.47 Å². The summed E-state index contributed by atoms with van der Waals surface area (Å²) >= 11 is 0. The Morgan fingerprint density at radius 2 is 2.04 bits per heavy atom. The summed E-state index contributed by atoms with van der Waals surface area (Å²) in [7, 11) is 3.19. The van der Waals surface area contributed by atoms with Crippen LogP contribution in [0.15, 0.2) is 22.7 Å². The molecule has 25 heavy (non-hydrogen) atoms. The first-order valence-electron chi connectivity index (χ1n) is 8.50. The second-order valence-electron chi connectivity index (χ2n) is 5.99. The highest BCUT2D eigenvalue weighted by Gasteiger charge is 2.20. The van der Waals surface area contributed by atoms with E-state index in [1.165, 1.54) is 6.42 Å². The molecule has 2 atom stereocenters. The van der Waals surface area contributed by atoms with Gasteiger partial charge in [0.15, 0.2) is 11.5 Å². The molecule has 0 bridgehead atoms. The lowest BCUT2D eigenvalue weighted by Crippen LogP contribution is -2.25. The molecule has 136 valence electrons. The molecule has 1 aromatic carbocycles. The number of hydrogen-bond donors (Lipinski definition) is 0. The summed E-state index contributed by atoms with van der Waals surface area (Å²) < 4.78 is 27.4. The van der Waals surface area contributed by atoms with Crippen molar-refractivity contribution in [2.45, 2.75) is 38.4 Å². The fourth-order valence-electron chi connectivity index (χ4n) is 2.75. The van der Waals surface area contributed by atoms with Crippen LogP contribution in [0.25, 0.3) is 11.4 Å². The zero-order chi connectivity index (χ0) is 17.6. The van der Waals surface area contributed by atoms with Crippen LogP contribution in [-0.4, -0.2) is 43.7 Å². The van der Waals surface area contributed by atoms with E-state index in [0.29, 0.717) is 29.8 Å². The van der Waals surface area contributed by atoms with Gasteiger partial charge in [0.05, 0.1) is 26.9 Å². The van der Waals surface area contributed by atoms with Crippen molar-refractivity contribution in [2.75, 3.05) is 27.4 Å². The van der Waals surface area contributed by atoms with Crippen molar-refractivity contribution in [3.8, 4) is 22.9 Å². The topological polar surface area (TPSA) is 75.8 Å². The van der Waals surface area contributed by atoms with Gasteiger partial charge in [-0.25, -0.2) is 0 Å². The van der Waals surface area contributed by atoms with Gasteiger partial charge in [-0.1, -0.05) is 5.16 Å². The molecule has 0 saturated carbocycles. The second kappa shape index (κ2) is 8.31. The van der Waals surface area contributed by atoms with Gasteiger partial charge in [0.25, 0.3) is 5.89 Å². The molecule has 0 amide bonds. The van der Waals surface area contributed by atoms with Crippen molar-refractivity contribution in [1.82, 2.24) is 10.1 Å². The Labute approximate surface area is 147 Å². The fourth-order valence-corrected chi connectivity index (χ4v) is 2.75. The molecule has 1 aromatic heterocycles. The molecular weight excluding hydrogens is 324 g/mol. The van der Waals surface area contributed by atoms with Crippen molar-refractivity contribution in [1.29, 1.82) is 0 Å². The van der Waals surface area contributed by atoms with E-state index in [9.17, 15) is 0 Å². The van der Waals surface area contributed by atoms with E-state index >= 15 is 0 Å². The lowest BCUT2D eigenvalue weighted by Gasteiger charge is -2.23.